The number of carbonyl (C=O) groups excluding carboxylic acids is 1. The van der Waals surface area contributed by atoms with Gasteiger partial charge in [0.05, 0.1) is 19.4 Å². The van der Waals surface area contributed by atoms with Gasteiger partial charge in [-0.2, -0.15) is 5.10 Å². The molecule has 0 bridgehead atoms. The Bertz CT molecular complexity index is 727. The van der Waals surface area contributed by atoms with E-state index in [1.54, 1.807) is 36.4 Å². The lowest BCUT2D eigenvalue weighted by Crippen LogP contribution is -2.17. The minimum absolute atomic E-state index is 0.0545. The van der Waals surface area contributed by atoms with Gasteiger partial charge in [-0.25, -0.2) is 5.43 Å². The number of benzene rings is 2. The third-order valence-corrected chi connectivity index (χ3v) is 3.27. The zero-order chi connectivity index (χ0) is 18.1. The van der Waals surface area contributed by atoms with Crippen LogP contribution in [0.1, 0.15) is 36.2 Å². The van der Waals surface area contributed by atoms with Gasteiger partial charge in [-0.1, -0.05) is 6.92 Å². The zero-order valence-corrected chi connectivity index (χ0v) is 14.4. The van der Waals surface area contributed by atoms with E-state index in [0.29, 0.717) is 30.1 Å². The van der Waals surface area contributed by atoms with Gasteiger partial charge in [-0.3, -0.25) is 4.79 Å². The van der Waals surface area contributed by atoms with Crippen molar-refractivity contribution in [1.82, 2.24) is 5.43 Å². The number of rotatable bonds is 8. The fourth-order valence-electron chi connectivity index (χ4n) is 2.04. The van der Waals surface area contributed by atoms with Crippen LogP contribution in [0.2, 0.25) is 0 Å². The van der Waals surface area contributed by atoms with Gasteiger partial charge in [0.2, 0.25) is 0 Å². The van der Waals surface area contributed by atoms with Crippen molar-refractivity contribution in [2.24, 2.45) is 5.10 Å². The fraction of sp³-hybridized carbons (Fsp3) is 0.263. The van der Waals surface area contributed by atoms with Crippen LogP contribution in [0.5, 0.6) is 17.2 Å². The first kappa shape index (κ1) is 18.3. The highest BCUT2D eigenvalue weighted by Gasteiger charge is 2.05. The van der Waals surface area contributed by atoms with Crippen molar-refractivity contribution in [3.05, 3.63) is 53.6 Å². The van der Waals surface area contributed by atoms with Crippen LogP contribution in [0, 0.1) is 0 Å². The van der Waals surface area contributed by atoms with Crippen LogP contribution >= 0.6 is 0 Å². The Labute approximate surface area is 147 Å². The number of nitrogens with zero attached hydrogens (tertiary/aromatic N) is 1. The molecule has 6 heteroatoms. The van der Waals surface area contributed by atoms with E-state index in [4.69, 9.17) is 9.47 Å². The van der Waals surface area contributed by atoms with Crippen molar-refractivity contribution >= 4 is 12.1 Å². The van der Waals surface area contributed by atoms with Crippen LogP contribution in [-0.2, 0) is 0 Å². The maximum absolute atomic E-state index is 12.1. The summed E-state index contributed by atoms with van der Waals surface area (Å²) in [4.78, 5) is 12.1. The van der Waals surface area contributed by atoms with Gasteiger partial charge in [0.15, 0.2) is 0 Å². The predicted octanol–water partition coefficient (Wildman–Crippen LogP) is 3.34. The number of aromatic hydroxyl groups is 1. The van der Waals surface area contributed by atoms with Crippen molar-refractivity contribution in [2.75, 3.05) is 13.2 Å². The van der Waals surface area contributed by atoms with Crippen LogP contribution in [0.15, 0.2) is 47.6 Å². The third kappa shape index (κ3) is 5.53. The number of ether oxygens (including phenoxy) is 2. The van der Waals surface area contributed by atoms with Crippen molar-refractivity contribution in [3.8, 4) is 17.2 Å². The van der Waals surface area contributed by atoms with E-state index in [1.165, 1.54) is 12.3 Å². The minimum Gasteiger partial charge on any atom is -0.507 e. The molecule has 0 saturated carbocycles. The molecule has 6 nitrogen and oxygen atoms in total. The van der Waals surface area contributed by atoms with Crippen molar-refractivity contribution < 1.29 is 19.4 Å². The van der Waals surface area contributed by atoms with E-state index < -0.39 is 0 Å². The molecule has 0 radical (unpaired) electrons. The smallest absolute Gasteiger partial charge is 0.271 e. The molecule has 0 aromatic heterocycles. The molecular weight excluding hydrogens is 320 g/mol. The van der Waals surface area contributed by atoms with E-state index in [0.717, 1.165) is 12.2 Å². The first-order valence-corrected chi connectivity index (χ1v) is 8.16. The van der Waals surface area contributed by atoms with E-state index >= 15 is 0 Å². The molecule has 1 amide bonds. The monoisotopic (exact) mass is 342 g/mol. The number of hydrazone groups is 1. The molecule has 0 aliphatic heterocycles. The van der Waals surface area contributed by atoms with Gasteiger partial charge in [0, 0.05) is 11.1 Å². The quantitative estimate of drug-likeness (QED) is 0.569. The second kappa shape index (κ2) is 9.32. The maximum Gasteiger partial charge on any atom is 0.271 e. The highest BCUT2D eigenvalue weighted by atomic mass is 16.5. The average molecular weight is 342 g/mol. The second-order valence-electron chi connectivity index (χ2n) is 5.23. The number of hydrogen-bond acceptors (Lipinski definition) is 5. The molecule has 0 aliphatic rings. The highest BCUT2D eigenvalue weighted by molar-refractivity contribution is 5.95. The molecule has 25 heavy (non-hydrogen) atoms. The molecule has 0 fully saturated rings. The Morgan fingerprint density at radius 1 is 1.12 bits per heavy atom. The average Bonchev–Trinajstić information content (AvgIpc) is 2.63. The summed E-state index contributed by atoms with van der Waals surface area (Å²) in [5.41, 5.74) is 3.35. The predicted molar refractivity (Wildman–Crippen MR) is 96.6 cm³/mol. The first-order valence-electron chi connectivity index (χ1n) is 8.16. The van der Waals surface area contributed by atoms with E-state index in [-0.39, 0.29) is 11.7 Å². The van der Waals surface area contributed by atoms with Crippen LogP contribution in [0.3, 0.4) is 0 Å². The topological polar surface area (TPSA) is 80.2 Å². The Morgan fingerprint density at radius 2 is 1.84 bits per heavy atom. The number of carbonyl (C=O) groups is 1. The molecule has 2 rings (SSSR count). The van der Waals surface area contributed by atoms with Gasteiger partial charge in [0.25, 0.3) is 5.91 Å². The van der Waals surface area contributed by atoms with Crippen molar-refractivity contribution in [1.29, 1.82) is 0 Å². The number of amides is 1. The number of hydrogen-bond donors (Lipinski definition) is 2. The molecule has 0 saturated heterocycles. The fourth-order valence-corrected chi connectivity index (χ4v) is 2.04. The Balaban J connectivity index is 1.97. The SMILES string of the molecule is CCCOc1ccc(C(=O)N/N=C/c2cc(OCC)ccc2O)cc1. The Hall–Kier alpha value is -3.02. The summed E-state index contributed by atoms with van der Waals surface area (Å²) in [6.45, 7) is 5.07. The lowest BCUT2D eigenvalue weighted by Gasteiger charge is -2.06. The second-order valence-corrected chi connectivity index (χ2v) is 5.23. The van der Waals surface area contributed by atoms with Crippen molar-refractivity contribution in [2.45, 2.75) is 20.3 Å². The normalized spacial score (nSPS) is 10.6. The van der Waals surface area contributed by atoms with E-state index in [2.05, 4.69) is 10.5 Å². The maximum atomic E-state index is 12.1. The summed E-state index contributed by atoms with van der Waals surface area (Å²) in [6.07, 6.45) is 2.29. The number of nitrogens with one attached hydrogen (secondary N) is 1. The molecule has 132 valence electrons. The molecule has 2 aromatic carbocycles. The third-order valence-electron chi connectivity index (χ3n) is 3.27. The van der Waals surface area contributed by atoms with E-state index in [1.807, 2.05) is 13.8 Å². The van der Waals surface area contributed by atoms with Gasteiger partial charge < -0.3 is 14.6 Å². The molecule has 0 heterocycles. The zero-order valence-electron chi connectivity index (χ0n) is 14.4. The number of phenols is 1. The Morgan fingerprint density at radius 3 is 2.52 bits per heavy atom. The van der Waals surface area contributed by atoms with E-state index in [9.17, 15) is 9.90 Å². The molecular formula is C19H22N2O4. The molecule has 0 atom stereocenters. The van der Waals surface area contributed by atoms with Crippen molar-refractivity contribution in [3.63, 3.8) is 0 Å². The minimum atomic E-state index is -0.348. The molecule has 2 N–H and O–H groups in total. The van der Waals surface area contributed by atoms with Gasteiger partial charge >= 0.3 is 0 Å². The molecule has 2 aromatic rings. The highest BCUT2D eigenvalue weighted by Crippen LogP contribution is 2.21. The van der Waals surface area contributed by atoms with Gasteiger partial charge in [0.1, 0.15) is 17.2 Å². The summed E-state index contributed by atoms with van der Waals surface area (Å²) in [5.74, 6) is 1.05. The summed E-state index contributed by atoms with van der Waals surface area (Å²) in [7, 11) is 0. The summed E-state index contributed by atoms with van der Waals surface area (Å²) in [6, 6.07) is 11.7. The first-order chi connectivity index (χ1) is 12.1. The standard InChI is InChI=1S/C19H22N2O4/c1-3-11-25-16-7-5-14(6-8-16)19(23)21-20-13-15-12-17(24-4-2)9-10-18(15)22/h5-10,12-13,22H,3-4,11H2,1-2H3,(H,21,23)/b20-13+. The largest absolute Gasteiger partial charge is 0.507 e. The van der Waals surface area contributed by atoms with Gasteiger partial charge in [-0.05, 0) is 55.8 Å². The van der Waals surface area contributed by atoms with Crippen LogP contribution < -0.4 is 14.9 Å². The Kier molecular flexibility index (Phi) is 6.83. The molecule has 0 unspecified atom stereocenters. The van der Waals surface area contributed by atoms with Gasteiger partial charge in [-0.15, -0.1) is 0 Å². The van der Waals surface area contributed by atoms with Crippen LogP contribution in [-0.4, -0.2) is 30.4 Å². The summed E-state index contributed by atoms with van der Waals surface area (Å²) < 4.78 is 10.8. The van der Waals surface area contributed by atoms with Crippen LogP contribution in [0.25, 0.3) is 0 Å². The summed E-state index contributed by atoms with van der Waals surface area (Å²) >= 11 is 0. The number of phenolic OH excluding ortho intramolecular Hbond substituents is 1. The molecule has 0 spiro atoms. The summed E-state index contributed by atoms with van der Waals surface area (Å²) in [5, 5.41) is 13.7. The lowest BCUT2D eigenvalue weighted by molar-refractivity contribution is 0.0955. The lowest BCUT2D eigenvalue weighted by atomic mass is 10.2. The van der Waals surface area contributed by atoms with Crippen LogP contribution in [0.4, 0.5) is 0 Å². The molecule has 0 aliphatic carbocycles.